The van der Waals surface area contributed by atoms with Crippen molar-refractivity contribution in [3.8, 4) is 16.2 Å². The fourth-order valence-corrected chi connectivity index (χ4v) is 6.35. The zero-order chi connectivity index (χ0) is 20.1. The molecule has 0 unspecified atom stereocenters. The number of nitrogens with zero attached hydrogens (tertiary/aromatic N) is 1. The Hall–Kier alpha value is -2.64. The Bertz CT molecular complexity index is 1190. The Balaban J connectivity index is 1.77. The van der Waals surface area contributed by atoms with Crippen LogP contribution in [-0.4, -0.2) is 28.5 Å². The molecule has 5 nitrogen and oxygen atoms in total. The number of anilines is 1. The smallest absolute Gasteiger partial charge is 0.268 e. The van der Waals surface area contributed by atoms with E-state index in [4.69, 9.17) is 4.74 Å². The predicted octanol–water partition coefficient (Wildman–Crippen LogP) is 4.30. The van der Waals surface area contributed by atoms with E-state index in [1.54, 1.807) is 43.3 Å². The molecule has 1 aliphatic heterocycles. The number of hydrogen-bond acceptors (Lipinski definition) is 5. The number of carbonyl (C=O) groups excluding carboxylic acids is 1. The first-order chi connectivity index (χ1) is 13.3. The Morgan fingerprint density at radius 2 is 1.89 bits per heavy atom. The van der Waals surface area contributed by atoms with Gasteiger partial charge < -0.3 is 9.64 Å². The molecule has 0 fully saturated rings. The van der Waals surface area contributed by atoms with Crippen molar-refractivity contribution in [1.82, 2.24) is 0 Å². The van der Waals surface area contributed by atoms with Gasteiger partial charge in [0.05, 0.1) is 28.3 Å². The molecule has 0 bridgehead atoms. The Morgan fingerprint density at radius 3 is 2.64 bits per heavy atom. The van der Waals surface area contributed by atoms with Crippen LogP contribution in [0.15, 0.2) is 53.4 Å². The van der Waals surface area contributed by atoms with Crippen molar-refractivity contribution in [3.05, 3.63) is 64.5 Å². The van der Waals surface area contributed by atoms with Gasteiger partial charge in [-0.1, -0.05) is 24.3 Å². The molecule has 0 aliphatic carbocycles. The molecule has 28 heavy (non-hydrogen) atoms. The van der Waals surface area contributed by atoms with Gasteiger partial charge in [-0.25, -0.2) is 8.42 Å². The highest BCUT2D eigenvalue weighted by Gasteiger charge is 2.31. The third kappa shape index (κ3) is 3.00. The molecule has 1 aromatic heterocycles. The number of rotatable bonds is 3. The lowest BCUT2D eigenvalue weighted by atomic mass is 10.1. The van der Waals surface area contributed by atoms with E-state index in [0.29, 0.717) is 32.3 Å². The lowest BCUT2D eigenvalue weighted by Crippen LogP contribution is -2.26. The maximum absolute atomic E-state index is 13.1. The first kappa shape index (κ1) is 18.7. The van der Waals surface area contributed by atoms with Gasteiger partial charge in [-0.2, -0.15) is 0 Å². The van der Waals surface area contributed by atoms with Crippen molar-refractivity contribution in [2.75, 3.05) is 19.1 Å². The number of ether oxygens (including phenoxy) is 1. The average molecular weight is 414 g/mol. The van der Waals surface area contributed by atoms with Crippen LogP contribution in [0.4, 0.5) is 5.69 Å². The largest absolute Gasteiger partial charge is 0.495 e. The molecule has 7 heteroatoms. The number of benzene rings is 2. The zero-order valence-corrected chi connectivity index (χ0v) is 17.4. The number of thiophene rings is 1. The van der Waals surface area contributed by atoms with E-state index >= 15 is 0 Å². The van der Waals surface area contributed by atoms with Crippen molar-refractivity contribution in [3.63, 3.8) is 0 Å². The molecule has 144 valence electrons. The summed E-state index contributed by atoms with van der Waals surface area (Å²) in [6, 6.07) is 14.3. The lowest BCUT2D eigenvalue weighted by Gasteiger charge is -2.20. The maximum atomic E-state index is 13.1. The van der Waals surface area contributed by atoms with E-state index < -0.39 is 9.84 Å². The van der Waals surface area contributed by atoms with Crippen LogP contribution in [0.1, 0.15) is 20.8 Å². The summed E-state index contributed by atoms with van der Waals surface area (Å²) in [5.41, 5.74) is 3.04. The molecule has 0 atom stereocenters. The van der Waals surface area contributed by atoms with Crippen LogP contribution < -0.4 is 9.64 Å². The molecular formula is C21H19NO4S2. The van der Waals surface area contributed by atoms with Crippen LogP contribution in [0.25, 0.3) is 10.4 Å². The molecule has 4 rings (SSSR count). The Kier molecular flexibility index (Phi) is 4.51. The molecule has 1 aliphatic rings. The summed E-state index contributed by atoms with van der Waals surface area (Å²) < 4.78 is 30.6. The summed E-state index contributed by atoms with van der Waals surface area (Å²) in [6.45, 7) is 1.95. The van der Waals surface area contributed by atoms with Gasteiger partial charge in [0.15, 0.2) is 9.84 Å². The van der Waals surface area contributed by atoms with Gasteiger partial charge in [0.2, 0.25) is 0 Å². The van der Waals surface area contributed by atoms with E-state index in [1.165, 1.54) is 11.3 Å². The van der Waals surface area contributed by atoms with Crippen molar-refractivity contribution >= 4 is 32.8 Å². The van der Waals surface area contributed by atoms with E-state index in [2.05, 4.69) is 0 Å². The maximum Gasteiger partial charge on any atom is 0.268 e. The number of fused-ring (bicyclic) bond motifs is 3. The highest BCUT2D eigenvalue weighted by Crippen LogP contribution is 2.43. The monoisotopic (exact) mass is 413 g/mol. The number of carbonyl (C=O) groups is 1. The molecule has 0 saturated heterocycles. The minimum Gasteiger partial charge on any atom is -0.495 e. The van der Waals surface area contributed by atoms with Gasteiger partial charge >= 0.3 is 0 Å². The first-order valence-electron chi connectivity index (χ1n) is 8.69. The van der Waals surface area contributed by atoms with Gasteiger partial charge in [0, 0.05) is 17.5 Å². The van der Waals surface area contributed by atoms with E-state index in [9.17, 15) is 13.2 Å². The summed E-state index contributed by atoms with van der Waals surface area (Å²) in [5, 5.41) is 0. The number of sulfone groups is 1. The van der Waals surface area contributed by atoms with Crippen LogP contribution in [0.3, 0.4) is 0 Å². The zero-order valence-electron chi connectivity index (χ0n) is 15.7. The van der Waals surface area contributed by atoms with Crippen molar-refractivity contribution in [2.24, 2.45) is 0 Å². The second-order valence-corrected chi connectivity index (χ2v) is 9.77. The molecule has 0 spiro atoms. The van der Waals surface area contributed by atoms with Crippen LogP contribution in [-0.2, 0) is 15.6 Å². The molecular weight excluding hydrogens is 394 g/mol. The van der Waals surface area contributed by atoms with Crippen molar-refractivity contribution < 1.29 is 17.9 Å². The predicted molar refractivity (Wildman–Crippen MR) is 111 cm³/mol. The van der Waals surface area contributed by atoms with Crippen LogP contribution in [0.5, 0.6) is 5.75 Å². The number of methoxy groups -OCH3 is 1. The van der Waals surface area contributed by atoms with Crippen molar-refractivity contribution in [1.29, 1.82) is 0 Å². The Labute approximate surface area is 168 Å². The molecule has 0 N–H and O–H groups in total. The fraction of sp³-hybridized carbons (Fsp3) is 0.190. The third-order valence-electron chi connectivity index (χ3n) is 4.83. The third-order valence-corrected chi connectivity index (χ3v) is 7.75. The highest BCUT2D eigenvalue weighted by atomic mass is 32.2. The van der Waals surface area contributed by atoms with E-state index in [-0.39, 0.29) is 11.7 Å². The summed E-state index contributed by atoms with van der Waals surface area (Å²) in [6.07, 6.45) is 0. The van der Waals surface area contributed by atoms with Gasteiger partial charge in [-0.3, -0.25) is 4.79 Å². The van der Waals surface area contributed by atoms with Gasteiger partial charge in [0.25, 0.3) is 5.91 Å². The number of aryl methyl sites for hydroxylation is 1. The van der Waals surface area contributed by atoms with E-state index in [0.717, 1.165) is 10.4 Å². The lowest BCUT2D eigenvalue weighted by molar-refractivity contribution is 0.0996. The standard InChI is InChI=1S/C21H19NO4S2/c1-13-8-9-17(26-3)16(10-13)22(2)21(23)18-11-14-12-28(24,25)19-7-5-4-6-15(19)20(14)27-18/h4-11H,12H2,1-3H3. The van der Waals surface area contributed by atoms with Crippen LogP contribution in [0, 0.1) is 6.92 Å². The molecule has 0 saturated carbocycles. The normalized spacial score (nSPS) is 14.1. The quantitative estimate of drug-likeness (QED) is 0.642. The second-order valence-electron chi connectivity index (χ2n) is 6.76. The minimum absolute atomic E-state index is 0.0827. The van der Waals surface area contributed by atoms with Crippen molar-refractivity contribution in [2.45, 2.75) is 17.6 Å². The topological polar surface area (TPSA) is 63.7 Å². The van der Waals surface area contributed by atoms with Gasteiger partial charge in [-0.15, -0.1) is 11.3 Å². The van der Waals surface area contributed by atoms with E-state index in [1.807, 2.05) is 31.2 Å². The molecule has 2 aromatic carbocycles. The highest BCUT2D eigenvalue weighted by molar-refractivity contribution is 7.91. The fourth-order valence-electron chi connectivity index (χ4n) is 3.41. The van der Waals surface area contributed by atoms with Crippen LogP contribution in [0.2, 0.25) is 0 Å². The average Bonchev–Trinajstić information content (AvgIpc) is 3.10. The number of hydrogen-bond donors (Lipinski definition) is 0. The Morgan fingerprint density at radius 1 is 1.14 bits per heavy atom. The molecule has 0 radical (unpaired) electrons. The molecule has 3 aromatic rings. The molecule has 1 amide bonds. The summed E-state index contributed by atoms with van der Waals surface area (Å²) in [5.74, 6) is 0.328. The van der Waals surface area contributed by atoms with Crippen LogP contribution >= 0.6 is 11.3 Å². The van der Waals surface area contributed by atoms with Gasteiger partial charge in [0.1, 0.15) is 5.75 Å². The number of amides is 1. The second kappa shape index (κ2) is 6.76. The summed E-state index contributed by atoms with van der Waals surface area (Å²) >= 11 is 1.33. The first-order valence-corrected chi connectivity index (χ1v) is 11.2. The SMILES string of the molecule is COc1ccc(C)cc1N(C)C(=O)c1cc2c(s1)-c1ccccc1S(=O)(=O)C2. The minimum atomic E-state index is -3.39. The summed E-state index contributed by atoms with van der Waals surface area (Å²) in [4.78, 5) is 16.4. The van der Waals surface area contributed by atoms with Gasteiger partial charge in [-0.05, 0) is 42.3 Å². The molecule has 2 heterocycles. The summed E-state index contributed by atoms with van der Waals surface area (Å²) in [7, 11) is -0.130.